The molecule has 0 aliphatic rings. The third kappa shape index (κ3) is 4.53. The molecule has 0 aromatic rings. The molecule has 0 aromatic carbocycles. The fourth-order valence-corrected chi connectivity index (χ4v) is 1.51. The third-order valence-corrected chi connectivity index (χ3v) is 2.88. The molecule has 0 aliphatic carbocycles. The number of aliphatic hydroxyl groups excluding tert-OH is 2. The van der Waals surface area contributed by atoms with E-state index in [0.29, 0.717) is 0 Å². The highest BCUT2D eigenvalue weighted by Crippen LogP contribution is 2.04. The van der Waals surface area contributed by atoms with Crippen molar-refractivity contribution in [1.29, 1.82) is 0 Å². The molecule has 0 amide bonds. The summed E-state index contributed by atoms with van der Waals surface area (Å²) in [6.45, 7) is 1.05. The zero-order chi connectivity index (χ0) is 10.5. The van der Waals surface area contributed by atoms with Crippen molar-refractivity contribution in [2.45, 2.75) is 12.3 Å². The largest absolute Gasteiger partial charge is 0.395 e. The number of hydrogen-bond acceptors (Lipinski definition) is 5. The normalized spacial score (nSPS) is 14.8. The molecule has 0 aromatic heterocycles. The van der Waals surface area contributed by atoms with Crippen molar-refractivity contribution in [3.05, 3.63) is 0 Å². The van der Waals surface area contributed by atoms with Gasteiger partial charge >= 0.3 is 0 Å². The van der Waals surface area contributed by atoms with E-state index in [1.54, 1.807) is 0 Å². The summed E-state index contributed by atoms with van der Waals surface area (Å²) in [6, 6.07) is 0. The van der Waals surface area contributed by atoms with E-state index in [1.807, 2.05) is 0 Å². The minimum absolute atomic E-state index is 0.0987. The SMILES string of the molecule is CC(N(CCO)CCO)S(=O)(=O)O. The maximum Gasteiger partial charge on any atom is 0.280 e. The Morgan fingerprint density at radius 3 is 1.85 bits per heavy atom. The molecule has 0 fully saturated rings. The molecule has 0 rings (SSSR count). The number of nitrogens with zero attached hydrogens (tertiary/aromatic N) is 1. The minimum Gasteiger partial charge on any atom is -0.395 e. The van der Waals surface area contributed by atoms with E-state index in [0.717, 1.165) is 0 Å². The average molecular weight is 213 g/mol. The maximum atomic E-state index is 10.7. The van der Waals surface area contributed by atoms with Gasteiger partial charge in [0.25, 0.3) is 10.1 Å². The topological polar surface area (TPSA) is 98.1 Å². The Bertz CT molecular complexity index is 221. The van der Waals surface area contributed by atoms with E-state index in [-0.39, 0.29) is 26.3 Å². The van der Waals surface area contributed by atoms with Gasteiger partial charge in [0.1, 0.15) is 5.37 Å². The average Bonchev–Trinajstić information content (AvgIpc) is 2.01. The summed E-state index contributed by atoms with van der Waals surface area (Å²) >= 11 is 0. The molecule has 3 N–H and O–H groups in total. The van der Waals surface area contributed by atoms with E-state index in [9.17, 15) is 8.42 Å². The van der Waals surface area contributed by atoms with Crippen LogP contribution in [0.2, 0.25) is 0 Å². The van der Waals surface area contributed by atoms with Crippen LogP contribution in [0.25, 0.3) is 0 Å². The van der Waals surface area contributed by atoms with E-state index < -0.39 is 15.5 Å². The standard InChI is InChI=1S/C6H15NO5S/c1-6(13(10,11)12)7(2-4-8)3-5-9/h6,8-9H,2-5H2,1H3,(H,10,11,12). The van der Waals surface area contributed by atoms with Crippen molar-refractivity contribution in [1.82, 2.24) is 4.90 Å². The van der Waals surface area contributed by atoms with Crippen molar-refractivity contribution in [3.8, 4) is 0 Å². The van der Waals surface area contributed by atoms with E-state index in [2.05, 4.69) is 0 Å². The first-order valence-corrected chi connectivity index (χ1v) is 5.36. The van der Waals surface area contributed by atoms with Crippen LogP contribution in [0.3, 0.4) is 0 Å². The predicted molar refractivity (Wildman–Crippen MR) is 46.8 cm³/mol. The smallest absolute Gasteiger partial charge is 0.280 e. The zero-order valence-electron chi connectivity index (χ0n) is 7.42. The van der Waals surface area contributed by atoms with Crippen molar-refractivity contribution in [2.75, 3.05) is 26.3 Å². The van der Waals surface area contributed by atoms with Gasteiger partial charge in [-0.1, -0.05) is 0 Å². The molecule has 0 saturated heterocycles. The minimum atomic E-state index is -4.14. The first-order valence-electron chi connectivity index (χ1n) is 3.85. The first kappa shape index (κ1) is 12.8. The van der Waals surface area contributed by atoms with Crippen LogP contribution < -0.4 is 0 Å². The second kappa shape index (κ2) is 5.51. The molecule has 0 spiro atoms. The fraction of sp³-hybridized carbons (Fsp3) is 1.00. The van der Waals surface area contributed by atoms with Gasteiger partial charge in [0.2, 0.25) is 0 Å². The second-order valence-corrected chi connectivity index (χ2v) is 4.31. The zero-order valence-corrected chi connectivity index (χ0v) is 8.24. The Balaban J connectivity index is 4.36. The van der Waals surface area contributed by atoms with Gasteiger partial charge in [0, 0.05) is 13.1 Å². The summed E-state index contributed by atoms with van der Waals surface area (Å²) in [5.41, 5.74) is 0. The second-order valence-electron chi connectivity index (χ2n) is 2.60. The quantitative estimate of drug-likeness (QED) is 0.465. The molecule has 7 heteroatoms. The predicted octanol–water partition coefficient (Wildman–Crippen LogP) is -1.49. The van der Waals surface area contributed by atoms with Crippen LogP contribution >= 0.6 is 0 Å². The summed E-state index contributed by atoms with van der Waals surface area (Å²) in [6.07, 6.45) is 0. The molecular formula is C6H15NO5S. The van der Waals surface area contributed by atoms with Gasteiger partial charge in [-0.25, -0.2) is 0 Å². The van der Waals surface area contributed by atoms with Crippen LogP contribution in [-0.2, 0) is 10.1 Å². The summed E-state index contributed by atoms with van der Waals surface area (Å²) in [7, 11) is -4.14. The highest BCUT2D eigenvalue weighted by atomic mass is 32.2. The van der Waals surface area contributed by atoms with Crippen LogP contribution in [0, 0.1) is 0 Å². The summed E-state index contributed by atoms with van der Waals surface area (Å²) < 4.78 is 30.0. The number of rotatable bonds is 6. The van der Waals surface area contributed by atoms with Crippen LogP contribution in [0.5, 0.6) is 0 Å². The van der Waals surface area contributed by atoms with Crippen LogP contribution in [0.1, 0.15) is 6.92 Å². The lowest BCUT2D eigenvalue weighted by Crippen LogP contribution is -2.42. The maximum absolute atomic E-state index is 10.7. The fourth-order valence-electron chi connectivity index (χ4n) is 0.921. The Hall–Kier alpha value is -0.210. The van der Waals surface area contributed by atoms with Gasteiger partial charge in [0.05, 0.1) is 13.2 Å². The van der Waals surface area contributed by atoms with E-state index in [4.69, 9.17) is 14.8 Å². The Morgan fingerprint density at radius 1 is 1.23 bits per heavy atom. The van der Waals surface area contributed by atoms with Crippen LogP contribution in [0.15, 0.2) is 0 Å². The number of aliphatic hydroxyl groups is 2. The van der Waals surface area contributed by atoms with E-state index >= 15 is 0 Å². The highest BCUT2D eigenvalue weighted by Gasteiger charge is 2.23. The van der Waals surface area contributed by atoms with Gasteiger partial charge < -0.3 is 10.2 Å². The number of hydrogen-bond donors (Lipinski definition) is 3. The first-order chi connectivity index (χ1) is 5.93. The van der Waals surface area contributed by atoms with Gasteiger partial charge in [-0.3, -0.25) is 9.45 Å². The van der Waals surface area contributed by atoms with Gasteiger partial charge in [-0.2, -0.15) is 8.42 Å². The molecule has 1 unspecified atom stereocenters. The molecule has 6 nitrogen and oxygen atoms in total. The van der Waals surface area contributed by atoms with Crippen LogP contribution in [-0.4, -0.2) is 59.8 Å². The third-order valence-electron chi connectivity index (χ3n) is 1.72. The monoisotopic (exact) mass is 213 g/mol. The summed E-state index contributed by atoms with van der Waals surface area (Å²) in [4.78, 5) is 1.27. The van der Waals surface area contributed by atoms with Gasteiger partial charge in [-0.05, 0) is 6.92 Å². The molecule has 0 saturated carbocycles. The Morgan fingerprint density at radius 2 is 1.62 bits per heavy atom. The van der Waals surface area contributed by atoms with Crippen LogP contribution in [0.4, 0.5) is 0 Å². The van der Waals surface area contributed by atoms with Gasteiger partial charge in [0.15, 0.2) is 0 Å². The van der Waals surface area contributed by atoms with Crippen molar-refractivity contribution >= 4 is 10.1 Å². The Labute approximate surface area is 77.5 Å². The lowest BCUT2D eigenvalue weighted by Gasteiger charge is -2.24. The van der Waals surface area contributed by atoms with Crippen molar-refractivity contribution < 1.29 is 23.2 Å². The lowest BCUT2D eigenvalue weighted by atomic mass is 10.5. The molecule has 0 heterocycles. The lowest BCUT2D eigenvalue weighted by molar-refractivity contribution is 0.150. The molecule has 13 heavy (non-hydrogen) atoms. The molecule has 0 aliphatic heterocycles. The molecular weight excluding hydrogens is 198 g/mol. The van der Waals surface area contributed by atoms with Gasteiger partial charge in [-0.15, -0.1) is 0 Å². The molecule has 0 bridgehead atoms. The van der Waals surface area contributed by atoms with Crippen molar-refractivity contribution in [3.63, 3.8) is 0 Å². The summed E-state index contributed by atoms with van der Waals surface area (Å²) in [5, 5.41) is 16.1. The molecule has 1 atom stereocenters. The van der Waals surface area contributed by atoms with E-state index in [1.165, 1.54) is 11.8 Å². The molecule has 80 valence electrons. The summed E-state index contributed by atoms with van der Waals surface area (Å²) in [5.74, 6) is 0. The molecule has 0 radical (unpaired) electrons. The Kier molecular flexibility index (Phi) is 5.42. The highest BCUT2D eigenvalue weighted by molar-refractivity contribution is 7.86. The van der Waals surface area contributed by atoms with Crippen molar-refractivity contribution in [2.24, 2.45) is 0 Å².